The number of nitrogens with two attached hydrogens (primary N) is 1. The largest absolute Gasteiger partial charge is 0.495 e. The van der Waals surface area contributed by atoms with Gasteiger partial charge in [0.2, 0.25) is 10.0 Å². The first-order chi connectivity index (χ1) is 7.51. The summed E-state index contributed by atoms with van der Waals surface area (Å²) in [7, 11) is -2.14. The summed E-state index contributed by atoms with van der Waals surface area (Å²) in [5.74, 6) is 0.319. The van der Waals surface area contributed by atoms with Crippen molar-refractivity contribution in [2.45, 2.75) is 17.9 Å². The maximum absolute atomic E-state index is 11.9. The predicted octanol–water partition coefficient (Wildman–Crippen LogP) is 0.742. The van der Waals surface area contributed by atoms with Crippen molar-refractivity contribution in [1.29, 1.82) is 0 Å². The van der Waals surface area contributed by atoms with E-state index >= 15 is 0 Å². The third-order valence-corrected chi connectivity index (χ3v) is 3.70. The molecule has 0 bridgehead atoms. The lowest BCUT2D eigenvalue weighted by Crippen LogP contribution is -2.37. The van der Waals surface area contributed by atoms with Crippen LogP contribution in [0.4, 0.5) is 0 Å². The van der Waals surface area contributed by atoms with Gasteiger partial charge in [0.25, 0.3) is 0 Å². The summed E-state index contributed by atoms with van der Waals surface area (Å²) in [6.45, 7) is 1.95. The standard InChI is InChI=1S/C10H16N2O3S.ClH/c1-8(7-11)12-16(13,14)10-6-4-3-5-9(10)15-2;/h3-6,8,12H,7,11H2,1-2H3;1H/t8-;/m1./s1. The van der Waals surface area contributed by atoms with Gasteiger partial charge < -0.3 is 10.5 Å². The highest BCUT2D eigenvalue weighted by molar-refractivity contribution is 7.89. The lowest BCUT2D eigenvalue weighted by Gasteiger charge is -2.13. The van der Waals surface area contributed by atoms with Gasteiger partial charge in [-0.15, -0.1) is 12.4 Å². The average Bonchev–Trinajstić information content (AvgIpc) is 2.28. The van der Waals surface area contributed by atoms with Crippen LogP contribution in [-0.2, 0) is 10.0 Å². The fourth-order valence-electron chi connectivity index (χ4n) is 1.22. The zero-order valence-electron chi connectivity index (χ0n) is 9.71. The summed E-state index contributed by atoms with van der Waals surface area (Å²) in [6.07, 6.45) is 0. The Morgan fingerprint density at radius 2 is 2.00 bits per heavy atom. The van der Waals surface area contributed by atoms with E-state index in [9.17, 15) is 8.42 Å². The molecule has 0 aliphatic heterocycles. The van der Waals surface area contributed by atoms with E-state index in [4.69, 9.17) is 10.5 Å². The number of nitrogens with one attached hydrogen (secondary N) is 1. The minimum atomic E-state index is -3.57. The molecular formula is C10H17ClN2O3S. The summed E-state index contributed by atoms with van der Waals surface area (Å²) in [4.78, 5) is 0.123. The molecule has 17 heavy (non-hydrogen) atoms. The lowest BCUT2D eigenvalue weighted by molar-refractivity contribution is 0.402. The number of hydrogen-bond acceptors (Lipinski definition) is 4. The Morgan fingerprint density at radius 3 is 2.53 bits per heavy atom. The molecule has 1 atom stereocenters. The van der Waals surface area contributed by atoms with Crippen LogP contribution in [-0.4, -0.2) is 28.1 Å². The van der Waals surface area contributed by atoms with E-state index in [-0.39, 0.29) is 29.9 Å². The Hall–Kier alpha value is -0.820. The minimum absolute atomic E-state index is 0. The molecule has 0 unspecified atom stereocenters. The monoisotopic (exact) mass is 280 g/mol. The molecule has 0 aromatic heterocycles. The van der Waals surface area contributed by atoms with Gasteiger partial charge in [0.1, 0.15) is 10.6 Å². The van der Waals surface area contributed by atoms with E-state index in [1.165, 1.54) is 13.2 Å². The molecule has 0 aliphatic carbocycles. The van der Waals surface area contributed by atoms with Crippen molar-refractivity contribution >= 4 is 22.4 Å². The maximum Gasteiger partial charge on any atom is 0.244 e. The SMILES string of the molecule is COc1ccccc1S(=O)(=O)N[C@H](C)CN.Cl. The predicted molar refractivity (Wildman–Crippen MR) is 69.1 cm³/mol. The molecule has 98 valence electrons. The Bertz CT molecular complexity index is 451. The lowest BCUT2D eigenvalue weighted by atomic mass is 10.3. The van der Waals surface area contributed by atoms with Gasteiger partial charge >= 0.3 is 0 Å². The molecule has 0 radical (unpaired) electrons. The van der Waals surface area contributed by atoms with Crippen LogP contribution in [0.25, 0.3) is 0 Å². The van der Waals surface area contributed by atoms with Gasteiger partial charge in [0.15, 0.2) is 0 Å². The molecule has 0 saturated carbocycles. The molecule has 1 aromatic carbocycles. The molecule has 0 aliphatic rings. The van der Waals surface area contributed by atoms with Gasteiger partial charge in [-0.25, -0.2) is 13.1 Å². The number of rotatable bonds is 5. The summed E-state index contributed by atoms with van der Waals surface area (Å²) >= 11 is 0. The van der Waals surface area contributed by atoms with Crippen LogP contribution >= 0.6 is 12.4 Å². The summed E-state index contributed by atoms with van der Waals surface area (Å²) in [6, 6.07) is 6.13. The average molecular weight is 281 g/mol. The van der Waals surface area contributed by atoms with Crippen LogP contribution < -0.4 is 15.2 Å². The number of sulfonamides is 1. The molecule has 1 aromatic rings. The fourth-order valence-corrected chi connectivity index (χ4v) is 2.64. The topological polar surface area (TPSA) is 81.4 Å². The normalized spacial score (nSPS) is 12.6. The second-order valence-electron chi connectivity index (χ2n) is 3.41. The van der Waals surface area contributed by atoms with Crippen LogP contribution in [0.3, 0.4) is 0 Å². The second kappa shape index (κ2) is 6.80. The van der Waals surface area contributed by atoms with Gasteiger partial charge in [0, 0.05) is 12.6 Å². The molecule has 0 saturated heterocycles. The zero-order chi connectivity index (χ0) is 12.2. The van der Waals surface area contributed by atoms with Crippen molar-refractivity contribution in [1.82, 2.24) is 4.72 Å². The van der Waals surface area contributed by atoms with Crippen molar-refractivity contribution in [3.8, 4) is 5.75 Å². The number of benzene rings is 1. The smallest absolute Gasteiger partial charge is 0.244 e. The van der Waals surface area contributed by atoms with Crippen molar-refractivity contribution in [3.63, 3.8) is 0 Å². The van der Waals surface area contributed by atoms with Crippen molar-refractivity contribution < 1.29 is 13.2 Å². The van der Waals surface area contributed by atoms with E-state index in [1.54, 1.807) is 25.1 Å². The van der Waals surface area contributed by atoms with Gasteiger partial charge in [-0.2, -0.15) is 0 Å². The third kappa shape index (κ3) is 4.16. The Morgan fingerprint density at radius 1 is 1.41 bits per heavy atom. The summed E-state index contributed by atoms with van der Waals surface area (Å²) < 4.78 is 31.3. The quantitative estimate of drug-likeness (QED) is 0.834. The molecule has 0 fully saturated rings. The van der Waals surface area contributed by atoms with Crippen LogP contribution in [0.2, 0.25) is 0 Å². The van der Waals surface area contributed by atoms with E-state index in [2.05, 4.69) is 4.72 Å². The highest BCUT2D eigenvalue weighted by Gasteiger charge is 2.20. The Kier molecular flexibility index (Phi) is 6.48. The molecular weight excluding hydrogens is 264 g/mol. The molecule has 7 heteroatoms. The first kappa shape index (κ1) is 16.2. The van der Waals surface area contributed by atoms with Crippen molar-refractivity contribution in [2.75, 3.05) is 13.7 Å². The van der Waals surface area contributed by atoms with Crippen molar-refractivity contribution in [2.24, 2.45) is 5.73 Å². The maximum atomic E-state index is 11.9. The number of halogens is 1. The van der Waals surface area contributed by atoms with E-state index in [0.717, 1.165) is 0 Å². The second-order valence-corrected chi connectivity index (χ2v) is 5.09. The third-order valence-electron chi connectivity index (χ3n) is 2.07. The molecule has 0 amide bonds. The Labute approximate surface area is 108 Å². The van der Waals surface area contributed by atoms with Crippen LogP contribution in [0, 0.1) is 0 Å². The number of hydrogen-bond donors (Lipinski definition) is 2. The minimum Gasteiger partial charge on any atom is -0.495 e. The van der Waals surface area contributed by atoms with Gasteiger partial charge in [-0.3, -0.25) is 0 Å². The summed E-state index contributed by atoms with van der Waals surface area (Å²) in [5.41, 5.74) is 5.37. The molecule has 5 nitrogen and oxygen atoms in total. The molecule has 0 heterocycles. The van der Waals surface area contributed by atoms with Crippen molar-refractivity contribution in [3.05, 3.63) is 24.3 Å². The number of methoxy groups -OCH3 is 1. The van der Waals surface area contributed by atoms with Crippen LogP contribution in [0.5, 0.6) is 5.75 Å². The van der Waals surface area contributed by atoms with Crippen LogP contribution in [0.1, 0.15) is 6.92 Å². The fraction of sp³-hybridized carbons (Fsp3) is 0.400. The Balaban J connectivity index is 0.00000256. The van der Waals surface area contributed by atoms with Gasteiger partial charge in [0.05, 0.1) is 7.11 Å². The summed E-state index contributed by atoms with van der Waals surface area (Å²) in [5, 5.41) is 0. The molecule has 1 rings (SSSR count). The highest BCUT2D eigenvalue weighted by Crippen LogP contribution is 2.22. The van der Waals surface area contributed by atoms with E-state index in [1.807, 2.05) is 0 Å². The number of ether oxygens (including phenoxy) is 1. The van der Waals surface area contributed by atoms with Crippen LogP contribution in [0.15, 0.2) is 29.2 Å². The first-order valence-electron chi connectivity index (χ1n) is 4.86. The van der Waals surface area contributed by atoms with Gasteiger partial charge in [-0.1, -0.05) is 12.1 Å². The van der Waals surface area contributed by atoms with E-state index in [0.29, 0.717) is 5.75 Å². The number of para-hydroxylation sites is 1. The van der Waals surface area contributed by atoms with E-state index < -0.39 is 10.0 Å². The molecule has 0 spiro atoms. The van der Waals surface area contributed by atoms with Gasteiger partial charge in [-0.05, 0) is 19.1 Å². The zero-order valence-corrected chi connectivity index (χ0v) is 11.3. The highest BCUT2D eigenvalue weighted by atomic mass is 35.5. The first-order valence-corrected chi connectivity index (χ1v) is 6.35. The molecule has 3 N–H and O–H groups in total.